The lowest BCUT2D eigenvalue weighted by molar-refractivity contribution is 0.477. The molecule has 0 aliphatic rings. The molecule has 0 bridgehead atoms. The largest absolute Gasteiger partial charge is 0.506 e. The van der Waals surface area contributed by atoms with Gasteiger partial charge in [0.2, 0.25) is 0 Å². The summed E-state index contributed by atoms with van der Waals surface area (Å²) in [5, 5.41) is 9.41. The highest BCUT2D eigenvalue weighted by atomic mass is 16.3. The Morgan fingerprint density at radius 1 is 1.11 bits per heavy atom. The van der Waals surface area contributed by atoms with Gasteiger partial charge in [0.15, 0.2) is 0 Å². The van der Waals surface area contributed by atoms with Gasteiger partial charge in [-0.1, -0.05) is 24.3 Å². The molecule has 2 aromatic rings. The number of nitrogen functional groups attached to an aromatic ring is 1. The highest BCUT2D eigenvalue weighted by Crippen LogP contribution is 2.23. The van der Waals surface area contributed by atoms with E-state index in [0.717, 1.165) is 18.7 Å². The first-order chi connectivity index (χ1) is 8.70. The van der Waals surface area contributed by atoms with Crippen LogP contribution in [0.3, 0.4) is 0 Å². The molecule has 0 saturated carbocycles. The number of nitrogens with two attached hydrogens (primary N) is 1. The zero-order valence-electron chi connectivity index (χ0n) is 10.5. The van der Waals surface area contributed by atoms with Crippen molar-refractivity contribution in [3.63, 3.8) is 0 Å². The first-order valence-electron chi connectivity index (χ1n) is 6.08. The maximum atomic E-state index is 9.41. The van der Waals surface area contributed by atoms with Crippen LogP contribution in [0, 0.1) is 0 Å². The van der Waals surface area contributed by atoms with Gasteiger partial charge in [0.25, 0.3) is 0 Å². The summed E-state index contributed by atoms with van der Waals surface area (Å²) in [6.07, 6.45) is 0. The van der Waals surface area contributed by atoms with E-state index in [1.165, 1.54) is 5.69 Å². The predicted octanol–water partition coefficient (Wildman–Crippen LogP) is 3.00. The molecule has 0 atom stereocenters. The van der Waals surface area contributed by atoms with Gasteiger partial charge in [0, 0.05) is 18.8 Å². The van der Waals surface area contributed by atoms with E-state index >= 15 is 0 Å². The van der Waals surface area contributed by atoms with Crippen LogP contribution in [0.15, 0.2) is 48.5 Å². The van der Waals surface area contributed by atoms with Gasteiger partial charge in [-0.3, -0.25) is 0 Å². The van der Waals surface area contributed by atoms with Gasteiger partial charge < -0.3 is 15.7 Å². The Bertz CT molecular complexity index is 511. The number of rotatable bonds is 4. The molecule has 2 rings (SSSR count). The number of phenols is 1. The van der Waals surface area contributed by atoms with E-state index in [1.54, 1.807) is 6.07 Å². The molecule has 0 spiro atoms. The SMILES string of the molecule is CCN(Cc1ccc(O)c(N)c1)c1ccccc1. The smallest absolute Gasteiger partial charge is 0.138 e. The van der Waals surface area contributed by atoms with Crippen molar-refractivity contribution in [2.24, 2.45) is 0 Å². The van der Waals surface area contributed by atoms with E-state index in [9.17, 15) is 5.11 Å². The molecular formula is C15H18N2O. The molecule has 3 N–H and O–H groups in total. The minimum atomic E-state index is 0.140. The molecule has 0 saturated heterocycles. The van der Waals surface area contributed by atoms with Crippen LogP contribution in [-0.2, 0) is 6.54 Å². The Labute approximate surface area is 107 Å². The van der Waals surface area contributed by atoms with Gasteiger partial charge in [0.05, 0.1) is 5.69 Å². The van der Waals surface area contributed by atoms with E-state index in [2.05, 4.69) is 24.0 Å². The number of aromatic hydroxyl groups is 1. The molecule has 0 radical (unpaired) electrons. The summed E-state index contributed by atoms with van der Waals surface area (Å²) in [6.45, 7) is 3.83. The lowest BCUT2D eigenvalue weighted by Gasteiger charge is -2.23. The minimum Gasteiger partial charge on any atom is -0.506 e. The molecule has 0 aliphatic heterocycles. The Balaban J connectivity index is 2.18. The monoisotopic (exact) mass is 242 g/mol. The molecule has 0 heterocycles. The molecule has 0 aliphatic carbocycles. The zero-order chi connectivity index (χ0) is 13.0. The van der Waals surface area contributed by atoms with Crippen molar-refractivity contribution in [1.29, 1.82) is 0 Å². The second-order valence-electron chi connectivity index (χ2n) is 4.24. The van der Waals surface area contributed by atoms with Crippen molar-refractivity contribution in [1.82, 2.24) is 0 Å². The van der Waals surface area contributed by atoms with E-state index in [1.807, 2.05) is 30.3 Å². The Morgan fingerprint density at radius 3 is 2.44 bits per heavy atom. The molecule has 0 fully saturated rings. The van der Waals surface area contributed by atoms with Crippen LogP contribution >= 0.6 is 0 Å². The number of anilines is 2. The van der Waals surface area contributed by atoms with Crippen LogP contribution in [0.1, 0.15) is 12.5 Å². The highest BCUT2D eigenvalue weighted by Gasteiger charge is 2.06. The van der Waals surface area contributed by atoms with Crippen molar-refractivity contribution < 1.29 is 5.11 Å². The molecule has 0 amide bonds. The minimum absolute atomic E-state index is 0.140. The van der Waals surface area contributed by atoms with Crippen molar-refractivity contribution in [2.75, 3.05) is 17.2 Å². The quantitative estimate of drug-likeness (QED) is 0.640. The van der Waals surface area contributed by atoms with E-state index in [0.29, 0.717) is 5.69 Å². The standard InChI is InChI=1S/C15H18N2O/c1-2-17(13-6-4-3-5-7-13)11-12-8-9-15(18)14(16)10-12/h3-10,18H,2,11,16H2,1H3. The number of hydrogen-bond donors (Lipinski definition) is 2. The third-order valence-corrected chi connectivity index (χ3v) is 2.97. The maximum absolute atomic E-state index is 9.41. The Hall–Kier alpha value is -2.16. The first kappa shape index (κ1) is 12.3. The Morgan fingerprint density at radius 2 is 1.83 bits per heavy atom. The van der Waals surface area contributed by atoms with Crippen LogP contribution in [0.4, 0.5) is 11.4 Å². The summed E-state index contributed by atoms with van der Waals surface area (Å²) in [7, 11) is 0. The number of phenolic OH excluding ortho intramolecular Hbond substituents is 1. The summed E-state index contributed by atoms with van der Waals surface area (Å²) in [4.78, 5) is 2.26. The average Bonchev–Trinajstić information content (AvgIpc) is 2.41. The zero-order valence-corrected chi connectivity index (χ0v) is 10.5. The van der Waals surface area contributed by atoms with Crippen molar-refractivity contribution in [2.45, 2.75) is 13.5 Å². The van der Waals surface area contributed by atoms with Crippen molar-refractivity contribution in [3.8, 4) is 5.75 Å². The summed E-state index contributed by atoms with van der Waals surface area (Å²) in [6, 6.07) is 15.6. The molecule has 3 nitrogen and oxygen atoms in total. The fourth-order valence-electron chi connectivity index (χ4n) is 1.95. The van der Waals surface area contributed by atoms with Gasteiger partial charge in [-0.25, -0.2) is 0 Å². The van der Waals surface area contributed by atoms with Crippen LogP contribution < -0.4 is 10.6 Å². The summed E-state index contributed by atoms with van der Waals surface area (Å²) in [5.74, 6) is 0.140. The maximum Gasteiger partial charge on any atom is 0.138 e. The van der Waals surface area contributed by atoms with Crippen LogP contribution in [-0.4, -0.2) is 11.7 Å². The van der Waals surface area contributed by atoms with E-state index in [4.69, 9.17) is 5.73 Å². The summed E-state index contributed by atoms with van der Waals surface area (Å²) in [5.41, 5.74) is 8.42. The average molecular weight is 242 g/mol. The third kappa shape index (κ3) is 2.74. The Kier molecular flexibility index (Phi) is 3.72. The number of nitrogens with zero attached hydrogens (tertiary/aromatic N) is 1. The molecule has 94 valence electrons. The van der Waals surface area contributed by atoms with Gasteiger partial charge in [-0.15, -0.1) is 0 Å². The van der Waals surface area contributed by atoms with Gasteiger partial charge in [-0.2, -0.15) is 0 Å². The predicted molar refractivity (Wildman–Crippen MR) is 75.7 cm³/mol. The van der Waals surface area contributed by atoms with E-state index in [-0.39, 0.29) is 5.75 Å². The highest BCUT2D eigenvalue weighted by molar-refractivity contribution is 5.54. The number of hydrogen-bond acceptors (Lipinski definition) is 3. The van der Waals surface area contributed by atoms with Gasteiger partial charge >= 0.3 is 0 Å². The first-order valence-corrected chi connectivity index (χ1v) is 6.08. The fraction of sp³-hybridized carbons (Fsp3) is 0.200. The molecule has 0 unspecified atom stereocenters. The molecule has 18 heavy (non-hydrogen) atoms. The van der Waals surface area contributed by atoms with Crippen molar-refractivity contribution in [3.05, 3.63) is 54.1 Å². The van der Waals surface area contributed by atoms with Crippen LogP contribution in [0.5, 0.6) is 5.75 Å². The second-order valence-corrected chi connectivity index (χ2v) is 4.24. The van der Waals surface area contributed by atoms with Gasteiger partial charge in [-0.05, 0) is 36.8 Å². The van der Waals surface area contributed by atoms with Crippen molar-refractivity contribution >= 4 is 11.4 Å². The van der Waals surface area contributed by atoms with Gasteiger partial charge in [0.1, 0.15) is 5.75 Å². The van der Waals surface area contributed by atoms with E-state index < -0.39 is 0 Å². The third-order valence-electron chi connectivity index (χ3n) is 2.97. The number of benzene rings is 2. The summed E-state index contributed by atoms with van der Waals surface area (Å²) >= 11 is 0. The van der Waals surface area contributed by atoms with Crippen LogP contribution in [0.2, 0.25) is 0 Å². The van der Waals surface area contributed by atoms with Crippen LogP contribution in [0.25, 0.3) is 0 Å². The molecule has 0 aromatic heterocycles. The second kappa shape index (κ2) is 5.45. The lowest BCUT2D eigenvalue weighted by atomic mass is 10.1. The summed E-state index contributed by atoms with van der Waals surface area (Å²) < 4.78 is 0. The lowest BCUT2D eigenvalue weighted by Crippen LogP contribution is -2.21. The number of para-hydroxylation sites is 1. The molecule has 3 heteroatoms. The molecule has 2 aromatic carbocycles. The normalized spacial score (nSPS) is 10.3. The fourth-order valence-corrected chi connectivity index (χ4v) is 1.95. The molecular weight excluding hydrogens is 224 g/mol. The topological polar surface area (TPSA) is 49.5 Å².